The number of anilines is 1. The first-order valence-electron chi connectivity index (χ1n) is 4.72. The maximum absolute atomic E-state index is 13.2. The van der Waals surface area contributed by atoms with Crippen LogP contribution in [0.1, 0.15) is 18.9 Å². The molecule has 0 aliphatic heterocycles. The lowest BCUT2D eigenvalue weighted by molar-refractivity contribution is 0.624. The van der Waals surface area contributed by atoms with Crippen LogP contribution in [0.25, 0.3) is 0 Å². The van der Waals surface area contributed by atoms with E-state index in [0.717, 1.165) is 12.0 Å². The summed E-state index contributed by atoms with van der Waals surface area (Å²) in [5, 5.41) is 11.8. The second kappa shape index (κ2) is 5.16. The highest BCUT2D eigenvalue weighted by molar-refractivity contribution is 5.57. The second-order valence-corrected chi connectivity index (χ2v) is 3.41. The maximum atomic E-state index is 13.2. The Labute approximate surface area is 89.0 Å². The van der Waals surface area contributed by atoms with Gasteiger partial charge in [-0.05, 0) is 25.5 Å². The molecule has 0 aliphatic carbocycles. The van der Waals surface area contributed by atoms with Crippen LogP contribution in [0.15, 0.2) is 30.4 Å². The molecule has 0 saturated carbocycles. The van der Waals surface area contributed by atoms with Crippen molar-refractivity contribution >= 4 is 5.69 Å². The molecule has 0 amide bonds. The van der Waals surface area contributed by atoms with Gasteiger partial charge in [0.05, 0.1) is 5.69 Å². The molecule has 78 valence electrons. The van der Waals surface area contributed by atoms with Crippen molar-refractivity contribution in [3.8, 4) is 6.07 Å². The molecule has 1 aromatic carbocycles. The van der Waals surface area contributed by atoms with Crippen LogP contribution in [-0.2, 0) is 0 Å². The molecule has 0 bridgehead atoms. The fourth-order valence-electron chi connectivity index (χ4n) is 1.20. The van der Waals surface area contributed by atoms with E-state index in [1.807, 2.05) is 13.0 Å². The molecule has 0 unspecified atom stereocenters. The Morgan fingerprint density at radius 3 is 2.93 bits per heavy atom. The van der Waals surface area contributed by atoms with Crippen molar-refractivity contribution in [2.45, 2.75) is 13.3 Å². The van der Waals surface area contributed by atoms with E-state index in [9.17, 15) is 4.39 Å². The van der Waals surface area contributed by atoms with Gasteiger partial charge in [-0.3, -0.25) is 0 Å². The van der Waals surface area contributed by atoms with E-state index in [1.54, 1.807) is 12.1 Å². The molecular formula is C12H13FN2. The van der Waals surface area contributed by atoms with Gasteiger partial charge >= 0.3 is 0 Å². The van der Waals surface area contributed by atoms with Gasteiger partial charge in [0.2, 0.25) is 0 Å². The topological polar surface area (TPSA) is 35.8 Å². The Hall–Kier alpha value is -1.82. The number of halogens is 1. The average Bonchev–Trinajstić information content (AvgIpc) is 2.17. The summed E-state index contributed by atoms with van der Waals surface area (Å²) < 4.78 is 13.2. The largest absolute Gasteiger partial charge is 0.384 e. The molecule has 1 aromatic rings. The van der Waals surface area contributed by atoms with Crippen LogP contribution in [0.5, 0.6) is 0 Å². The fraction of sp³-hybridized carbons (Fsp3) is 0.250. The van der Waals surface area contributed by atoms with Crippen molar-refractivity contribution in [1.29, 1.82) is 5.26 Å². The second-order valence-electron chi connectivity index (χ2n) is 3.41. The van der Waals surface area contributed by atoms with Crippen molar-refractivity contribution < 1.29 is 4.39 Å². The molecule has 2 nitrogen and oxygen atoms in total. The summed E-state index contributed by atoms with van der Waals surface area (Å²) in [6.07, 6.45) is 0.807. The van der Waals surface area contributed by atoms with Crippen LogP contribution in [0, 0.1) is 17.1 Å². The zero-order valence-electron chi connectivity index (χ0n) is 8.68. The van der Waals surface area contributed by atoms with Gasteiger partial charge in [-0.25, -0.2) is 4.39 Å². The van der Waals surface area contributed by atoms with Gasteiger partial charge in [-0.1, -0.05) is 11.6 Å². The standard InChI is InChI=1S/C12H13FN2/c1-9(2)6-7-15-12-5-3-4-11(13)10(12)8-14/h3-5,15H,1,6-7H2,2H3. The molecule has 0 radical (unpaired) electrons. The maximum Gasteiger partial charge on any atom is 0.143 e. The third-order valence-corrected chi connectivity index (χ3v) is 1.99. The fourth-order valence-corrected chi connectivity index (χ4v) is 1.20. The van der Waals surface area contributed by atoms with Gasteiger partial charge in [0.25, 0.3) is 0 Å². The highest BCUT2D eigenvalue weighted by atomic mass is 19.1. The van der Waals surface area contributed by atoms with Crippen LogP contribution in [-0.4, -0.2) is 6.54 Å². The Bertz CT molecular complexity index is 405. The molecule has 0 atom stereocenters. The molecule has 0 heterocycles. The van der Waals surface area contributed by atoms with E-state index >= 15 is 0 Å². The number of nitrogens with one attached hydrogen (secondary N) is 1. The average molecular weight is 204 g/mol. The first kappa shape index (κ1) is 11.3. The number of benzene rings is 1. The lowest BCUT2D eigenvalue weighted by atomic mass is 10.1. The summed E-state index contributed by atoms with van der Waals surface area (Å²) in [7, 11) is 0. The van der Waals surface area contributed by atoms with Gasteiger partial charge in [-0.2, -0.15) is 5.26 Å². The van der Waals surface area contributed by atoms with Crippen LogP contribution in [0.2, 0.25) is 0 Å². The van der Waals surface area contributed by atoms with E-state index < -0.39 is 5.82 Å². The van der Waals surface area contributed by atoms with E-state index in [2.05, 4.69) is 11.9 Å². The van der Waals surface area contributed by atoms with Crippen molar-refractivity contribution in [1.82, 2.24) is 0 Å². The highest BCUT2D eigenvalue weighted by Gasteiger charge is 2.06. The van der Waals surface area contributed by atoms with Gasteiger partial charge in [0, 0.05) is 6.54 Å². The van der Waals surface area contributed by atoms with Gasteiger partial charge < -0.3 is 5.32 Å². The van der Waals surface area contributed by atoms with Crippen molar-refractivity contribution in [3.63, 3.8) is 0 Å². The number of nitrogens with zero attached hydrogens (tertiary/aromatic N) is 1. The Balaban J connectivity index is 2.73. The third-order valence-electron chi connectivity index (χ3n) is 1.99. The van der Waals surface area contributed by atoms with E-state index in [-0.39, 0.29) is 5.56 Å². The first-order valence-corrected chi connectivity index (χ1v) is 4.72. The van der Waals surface area contributed by atoms with Crippen LogP contribution in [0.3, 0.4) is 0 Å². The van der Waals surface area contributed by atoms with Crippen LogP contribution in [0.4, 0.5) is 10.1 Å². The SMILES string of the molecule is C=C(C)CCNc1cccc(F)c1C#N. The summed E-state index contributed by atoms with van der Waals surface area (Å²) in [4.78, 5) is 0. The van der Waals surface area contributed by atoms with Gasteiger partial charge in [0.15, 0.2) is 0 Å². The van der Waals surface area contributed by atoms with E-state index in [4.69, 9.17) is 5.26 Å². The minimum absolute atomic E-state index is 0.0687. The molecule has 0 saturated heterocycles. The molecule has 0 fully saturated rings. The molecule has 0 aliphatic rings. The molecule has 1 rings (SSSR count). The number of hydrogen-bond donors (Lipinski definition) is 1. The zero-order valence-corrected chi connectivity index (χ0v) is 8.68. The predicted octanol–water partition coefficient (Wildman–Crippen LogP) is 3.08. The van der Waals surface area contributed by atoms with E-state index in [0.29, 0.717) is 12.2 Å². The summed E-state index contributed by atoms with van der Waals surface area (Å²) in [5.41, 5.74) is 1.66. The van der Waals surface area contributed by atoms with Crippen molar-refractivity contribution in [2.24, 2.45) is 0 Å². The summed E-state index contributed by atoms with van der Waals surface area (Å²) in [6, 6.07) is 6.40. The van der Waals surface area contributed by atoms with E-state index in [1.165, 1.54) is 6.07 Å². The monoisotopic (exact) mass is 204 g/mol. The molecule has 0 aromatic heterocycles. The number of hydrogen-bond acceptors (Lipinski definition) is 2. The molecule has 1 N–H and O–H groups in total. The Morgan fingerprint density at radius 1 is 1.60 bits per heavy atom. The summed E-state index contributed by atoms with van der Waals surface area (Å²) >= 11 is 0. The van der Waals surface area contributed by atoms with Crippen LogP contribution < -0.4 is 5.32 Å². The zero-order chi connectivity index (χ0) is 11.3. The minimum Gasteiger partial charge on any atom is -0.384 e. The molecular weight excluding hydrogens is 191 g/mol. The predicted molar refractivity (Wildman–Crippen MR) is 59.0 cm³/mol. The third kappa shape index (κ3) is 3.10. The molecule has 3 heteroatoms. The quantitative estimate of drug-likeness (QED) is 0.765. The summed E-state index contributed by atoms with van der Waals surface area (Å²) in [5.74, 6) is -0.488. The first-order chi connectivity index (χ1) is 7.15. The summed E-state index contributed by atoms with van der Waals surface area (Å²) in [6.45, 7) is 6.36. The lowest BCUT2D eigenvalue weighted by Crippen LogP contribution is -2.04. The van der Waals surface area contributed by atoms with Gasteiger partial charge in [-0.15, -0.1) is 6.58 Å². The normalized spacial score (nSPS) is 9.40. The van der Waals surface area contributed by atoms with Crippen LogP contribution >= 0.6 is 0 Å². The molecule has 15 heavy (non-hydrogen) atoms. The van der Waals surface area contributed by atoms with Gasteiger partial charge in [0.1, 0.15) is 17.4 Å². The van der Waals surface area contributed by atoms with Crippen molar-refractivity contribution in [3.05, 3.63) is 41.7 Å². The number of nitriles is 1. The minimum atomic E-state index is -0.488. The Morgan fingerprint density at radius 2 is 2.33 bits per heavy atom. The Kier molecular flexibility index (Phi) is 3.87. The smallest absolute Gasteiger partial charge is 0.143 e. The van der Waals surface area contributed by atoms with Crippen molar-refractivity contribution in [2.75, 3.05) is 11.9 Å². The number of rotatable bonds is 4. The molecule has 0 spiro atoms. The highest BCUT2D eigenvalue weighted by Crippen LogP contribution is 2.17. The lowest BCUT2D eigenvalue weighted by Gasteiger charge is -2.08.